The van der Waals surface area contributed by atoms with Crippen LogP contribution in [0.25, 0.3) is 0 Å². The summed E-state index contributed by atoms with van der Waals surface area (Å²) in [7, 11) is 1.56. The normalized spacial score (nSPS) is 22.3. The van der Waals surface area contributed by atoms with Crippen molar-refractivity contribution in [2.45, 2.75) is 70.6 Å². The van der Waals surface area contributed by atoms with Gasteiger partial charge < -0.3 is 19.7 Å². The molecule has 4 atom stereocenters. The summed E-state index contributed by atoms with van der Waals surface area (Å²) in [5, 5.41) is 2.74. The Bertz CT molecular complexity index is 686. The van der Waals surface area contributed by atoms with E-state index in [9.17, 15) is 18.4 Å². The van der Waals surface area contributed by atoms with Crippen molar-refractivity contribution in [3.05, 3.63) is 35.9 Å². The van der Waals surface area contributed by atoms with Crippen LogP contribution < -0.4 is 5.32 Å². The Labute approximate surface area is 176 Å². The monoisotopic (exact) mass is 426 g/mol. The molecule has 0 aliphatic heterocycles. The fourth-order valence-electron chi connectivity index (χ4n) is 3.48. The minimum atomic E-state index is -1.48. The molecule has 1 aliphatic carbocycles. The fourth-order valence-corrected chi connectivity index (χ4v) is 3.48. The van der Waals surface area contributed by atoms with E-state index in [-0.39, 0.29) is 31.9 Å². The molecule has 0 aromatic heterocycles. The lowest BCUT2D eigenvalue weighted by atomic mass is 9.98. The number of nitrogens with one attached hydrogen (secondary N) is 1. The number of hydrogen-bond donors (Lipinski definition) is 1. The van der Waals surface area contributed by atoms with Crippen molar-refractivity contribution in [2.75, 3.05) is 13.6 Å². The summed E-state index contributed by atoms with van der Waals surface area (Å²) in [5.74, 6) is -0.221. The van der Waals surface area contributed by atoms with Crippen molar-refractivity contribution in [3.8, 4) is 0 Å². The van der Waals surface area contributed by atoms with Gasteiger partial charge in [0.2, 0.25) is 0 Å². The average molecular weight is 427 g/mol. The lowest BCUT2D eigenvalue weighted by Gasteiger charge is -2.29. The maximum absolute atomic E-state index is 13.6. The molecule has 6 nitrogen and oxygen atoms in total. The minimum Gasteiger partial charge on any atom is -0.445 e. The predicted molar refractivity (Wildman–Crippen MR) is 110 cm³/mol. The third kappa shape index (κ3) is 8.16. The van der Waals surface area contributed by atoms with Crippen molar-refractivity contribution in [3.63, 3.8) is 0 Å². The Hall–Kier alpha value is -2.38. The summed E-state index contributed by atoms with van der Waals surface area (Å²) in [6.45, 7) is 5.52. The number of ether oxygens (including phenoxy) is 2. The van der Waals surface area contributed by atoms with E-state index in [2.05, 4.69) is 5.32 Å². The molecule has 0 spiro atoms. The minimum absolute atomic E-state index is 0.101. The van der Waals surface area contributed by atoms with Gasteiger partial charge >= 0.3 is 12.2 Å². The van der Waals surface area contributed by atoms with Gasteiger partial charge in [-0.15, -0.1) is 0 Å². The molecule has 1 saturated carbocycles. The quantitative estimate of drug-likeness (QED) is 0.691. The smallest absolute Gasteiger partial charge is 0.410 e. The summed E-state index contributed by atoms with van der Waals surface area (Å²) in [4.78, 5) is 25.9. The van der Waals surface area contributed by atoms with E-state index in [1.54, 1.807) is 27.8 Å². The van der Waals surface area contributed by atoms with E-state index < -0.39 is 36.2 Å². The van der Waals surface area contributed by atoms with E-state index in [1.807, 2.05) is 30.3 Å². The van der Waals surface area contributed by atoms with Crippen molar-refractivity contribution >= 4 is 12.2 Å². The SMILES string of the molecule is CN(C[C@H](CC1C[C@@H](F)[C@@H](F)C1)NC(=O)OCc1ccccc1)C(=O)OC(C)(C)C. The van der Waals surface area contributed by atoms with Gasteiger partial charge in [-0.05, 0) is 51.5 Å². The number of benzene rings is 1. The third-order valence-corrected chi connectivity index (χ3v) is 4.86. The Balaban J connectivity index is 1.95. The van der Waals surface area contributed by atoms with E-state index in [1.165, 1.54) is 4.90 Å². The number of alkyl halides is 2. The van der Waals surface area contributed by atoms with Gasteiger partial charge in [-0.3, -0.25) is 0 Å². The predicted octanol–water partition coefficient (Wildman–Crippen LogP) is 4.62. The van der Waals surface area contributed by atoms with Crippen molar-refractivity contribution in [2.24, 2.45) is 5.92 Å². The number of carbonyl (C=O) groups excluding carboxylic acids is 2. The molecular weight excluding hydrogens is 394 g/mol. The molecule has 0 radical (unpaired) electrons. The maximum Gasteiger partial charge on any atom is 0.410 e. The molecule has 1 aromatic rings. The standard InChI is InChI=1S/C22H32F2N2O4/c1-22(2,3)30-21(28)26(4)13-17(10-16-11-18(23)19(24)12-16)25-20(27)29-14-15-8-6-5-7-9-15/h5-9,16-19H,10-14H2,1-4H3,(H,25,27)/t16?,17-,18-,19+/m0/s1. The summed E-state index contributed by atoms with van der Waals surface area (Å²) >= 11 is 0. The van der Waals surface area contributed by atoms with Crippen LogP contribution in [0.5, 0.6) is 0 Å². The van der Waals surface area contributed by atoms with Crippen LogP contribution in [0.3, 0.4) is 0 Å². The van der Waals surface area contributed by atoms with Crippen molar-refractivity contribution in [1.82, 2.24) is 10.2 Å². The molecule has 1 fully saturated rings. The molecule has 1 unspecified atom stereocenters. The van der Waals surface area contributed by atoms with E-state index >= 15 is 0 Å². The topological polar surface area (TPSA) is 67.9 Å². The second-order valence-electron chi connectivity index (χ2n) is 8.87. The molecule has 0 saturated heterocycles. The van der Waals surface area contributed by atoms with E-state index in [0.29, 0.717) is 6.42 Å². The zero-order valence-corrected chi connectivity index (χ0v) is 18.1. The van der Waals surface area contributed by atoms with Crippen LogP contribution in [-0.4, -0.2) is 54.7 Å². The second-order valence-corrected chi connectivity index (χ2v) is 8.87. The molecule has 0 heterocycles. The van der Waals surface area contributed by atoms with Gasteiger partial charge in [0.15, 0.2) is 0 Å². The fraction of sp³-hybridized carbons (Fsp3) is 0.636. The Kier molecular flexibility index (Phi) is 8.43. The molecule has 0 bridgehead atoms. The van der Waals surface area contributed by atoms with Crippen LogP contribution in [0.1, 0.15) is 45.6 Å². The molecule has 168 valence electrons. The maximum atomic E-state index is 13.6. The highest BCUT2D eigenvalue weighted by Gasteiger charge is 2.36. The van der Waals surface area contributed by atoms with E-state index in [4.69, 9.17) is 9.47 Å². The summed E-state index contributed by atoms with van der Waals surface area (Å²) in [5.41, 5.74) is 0.184. The van der Waals surface area contributed by atoms with Gasteiger partial charge in [-0.2, -0.15) is 0 Å². The summed E-state index contributed by atoms with van der Waals surface area (Å²) in [6.07, 6.45) is -3.59. The van der Waals surface area contributed by atoms with Gasteiger partial charge in [0, 0.05) is 13.6 Å². The average Bonchev–Trinajstić information content (AvgIpc) is 2.96. The lowest BCUT2D eigenvalue weighted by molar-refractivity contribution is 0.0275. The molecule has 1 N–H and O–H groups in total. The van der Waals surface area contributed by atoms with Crippen molar-refractivity contribution < 1.29 is 27.8 Å². The number of alkyl carbamates (subject to hydrolysis) is 1. The van der Waals surface area contributed by atoms with Crippen LogP contribution in [-0.2, 0) is 16.1 Å². The second kappa shape index (κ2) is 10.6. The number of carbonyl (C=O) groups is 2. The van der Waals surface area contributed by atoms with Crippen LogP contribution >= 0.6 is 0 Å². The van der Waals surface area contributed by atoms with Gasteiger partial charge in [0.25, 0.3) is 0 Å². The largest absolute Gasteiger partial charge is 0.445 e. The van der Waals surface area contributed by atoms with Gasteiger partial charge in [-0.25, -0.2) is 18.4 Å². The first-order valence-corrected chi connectivity index (χ1v) is 10.2. The third-order valence-electron chi connectivity index (χ3n) is 4.86. The lowest BCUT2D eigenvalue weighted by Crippen LogP contribution is -2.46. The number of hydrogen-bond acceptors (Lipinski definition) is 4. The highest BCUT2D eigenvalue weighted by Crippen LogP contribution is 2.33. The highest BCUT2D eigenvalue weighted by molar-refractivity contribution is 5.69. The van der Waals surface area contributed by atoms with Crippen LogP contribution in [0.4, 0.5) is 18.4 Å². The Morgan fingerprint density at radius 1 is 1.17 bits per heavy atom. The number of likely N-dealkylation sites (N-methyl/N-ethyl adjacent to an activating group) is 1. The van der Waals surface area contributed by atoms with Gasteiger partial charge in [0.05, 0.1) is 6.04 Å². The number of nitrogens with zero attached hydrogens (tertiary/aromatic N) is 1. The van der Waals surface area contributed by atoms with Crippen LogP contribution in [0, 0.1) is 5.92 Å². The first kappa shape index (κ1) is 23.9. The van der Waals surface area contributed by atoms with Gasteiger partial charge in [0.1, 0.15) is 24.6 Å². The first-order chi connectivity index (χ1) is 14.0. The highest BCUT2D eigenvalue weighted by atomic mass is 19.2. The van der Waals surface area contributed by atoms with Crippen LogP contribution in [0.15, 0.2) is 30.3 Å². The Morgan fingerprint density at radius 3 is 2.33 bits per heavy atom. The zero-order chi connectivity index (χ0) is 22.3. The van der Waals surface area contributed by atoms with Gasteiger partial charge in [-0.1, -0.05) is 30.3 Å². The Morgan fingerprint density at radius 2 is 1.77 bits per heavy atom. The molecular formula is C22H32F2N2O4. The molecule has 30 heavy (non-hydrogen) atoms. The number of halogens is 2. The number of amides is 2. The molecule has 1 aromatic carbocycles. The van der Waals surface area contributed by atoms with E-state index in [0.717, 1.165) is 5.56 Å². The molecule has 8 heteroatoms. The molecule has 2 amide bonds. The van der Waals surface area contributed by atoms with Crippen molar-refractivity contribution in [1.29, 1.82) is 0 Å². The molecule has 2 rings (SSSR count). The summed E-state index contributed by atoms with van der Waals surface area (Å²) in [6, 6.07) is 8.70. The first-order valence-electron chi connectivity index (χ1n) is 10.2. The number of rotatable bonds is 7. The van der Waals surface area contributed by atoms with Crippen LogP contribution in [0.2, 0.25) is 0 Å². The summed E-state index contributed by atoms with van der Waals surface area (Å²) < 4.78 is 37.8. The molecule has 1 aliphatic rings. The zero-order valence-electron chi connectivity index (χ0n) is 18.1.